The van der Waals surface area contributed by atoms with E-state index in [1.165, 1.54) is 12.1 Å². The molecule has 0 radical (unpaired) electrons. The molecule has 11 heteroatoms. The summed E-state index contributed by atoms with van der Waals surface area (Å²) in [6.45, 7) is 7.81. The molecule has 1 unspecified atom stereocenters. The average Bonchev–Trinajstić information content (AvgIpc) is 3.51. The number of nitrogens with zero attached hydrogens (tertiary/aromatic N) is 4. The number of anilines is 3. The van der Waals surface area contributed by atoms with Crippen LogP contribution in [0.3, 0.4) is 0 Å². The van der Waals surface area contributed by atoms with Crippen molar-refractivity contribution in [2.24, 2.45) is 0 Å². The first-order valence-corrected chi connectivity index (χ1v) is 13.3. The minimum atomic E-state index is -2.58. The molecule has 0 aliphatic carbocycles. The SMILES string of the molecule is Cc1cc2c(nc1-c1cccc(C(F)F)c1)N(C(=O)Nc1ccnc(OCC3COC(C)(C)O3)c1)[C@H]1CCN2C1. The van der Waals surface area contributed by atoms with Gasteiger partial charge in [0.15, 0.2) is 11.6 Å². The van der Waals surface area contributed by atoms with Crippen molar-refractivity contribution < 1.29 is 27.8 Å². The second kappa shape index (κ2) is 10.3. The van der Waals surface area contributed by atoms with Gasteiger partial charge in [-0.15, -0.1) is 0 Å². The fourth-order valence-electron chi connectivity index (χ4n) is 5.49. The molecule has 2 atom stereocenters. The highest BCUT2D eigenvalue weighted by Gasteiger charge is 2.41. The lowest BCUT2D eigenvalue weighted by Crippen LogP contribution is -2.48. The third-order valence-corrected chi connectivity index (χ3v) is 7.37. The molecule has 2 saturated heterocycles. The lowest BCUT2D eigenvalue weighted by atomic mass is 10.0. The summed E-state index contributed by atoms with van der Waals surface area (Å²) in [6.07, 6.45) is -0.431. The molecular weight excluding hydrogens is 520 g/mol. The number of rotatable bonds is 6. The molecule has 210 valence electrons. The number of fused-ring (bicyclic) bond motifs is 4. The number of amides is 2. The first-order valence-electron chi connectivity index (χ1n) is 13.3. The summed E-state index contributed by atoms with van der Waals surface area (Å²) in [7, 11) is 0. The van der Waals surface area contributed by atoms with E-state index in [1.807, 2.05) is 26.8 Å². The Hall–Kier alpha value is -3.83. The Bertz CT molecular complexity index is 1440. The normalized spacial score (nSPS) is 21.1. The fourth-order valence-corrected chi connectivity index (χ4v) is 5.49. The van der Waals surface area contributed by atoms with Gasteiger partial charge >= 0.3 is 6.03 Å². The maximum absolute atomic E-state index is 13.7. The van der Waals surface area contributed by atoms with Crippen LogP contribution in [0.15, 0.2) is 48.7 Å². The lowest BCUT2D eigenvalue weighted by molar-refractivity contribution is -0.141. The summed E-state index contributed by atoms with van der Waals surface area (Å²) in [5, 5.41) is 2.97. The highest BCUT2D eigenvalue weighted by molar-refractivity contribution is 6.05. The minimum Gasteiger partial charge on any atom is -0.475 e. The Labute approximate surface area is 231 Å². The summed E-state index contributed by atoms with van der Waals surface area (Å²) in [4.78, 5) is 26.7. The summed E-state index contributed by atoms with van der Waals surface area (Å²) in [5.74, 6) is 0.226. The molecule has 0 saturated carbocycles. The Kier molecular flexibility index (Phi) is 6.79. The Morgan fingerprint density at radius 3 is 2.88 bits per heavy atom. The van der Waals surface area contributed by atoms with Crippen molar-refractivity contribution in [1.29, 1.82) is 0 Å². The van der Waals surface area contributed by atoms with E-state index in [2.05, 4.69) is 15.2 Å². The quantitative estimate of drug-likeness (QED) is 0.430. The number of pyridine rings is 2. The molecule has 3 aromatic rings. The summed E-state index contributed by atoms with van der Waals surface area (Å²) < 4.78 is 43.9. The number of benzene rings is 1. The molecule has 9 nitrogen and oxygen atoms in total. The van der Waals surface area contributed by atoms with Gasteiger partial charge in [0.2, 0.25) is 5.88 Å². The van der Waals surface area contributed by atoms with Gasteiger partial charge in [0, 0.05) is 42.2 Å². The van der Waals surface area contributed by atoms with E-state index < -0.39 is 12.2 Å². The van der Waals surface area contributed by atoms with E-state index in [1.54, 1.807) is 35.4 Å². The largest absolute Gasteiger partial charge is 0.475 e. The van der Waals surface area contributed by atoms with E-state index in [0.717, 1.165) is 24.2 Å². The molecule has 1 aromatic carbocycles. The second-order valence-electron chi connectivity index (χ2n) is 10.8. The monoisotopic (exact) mass is 551 g/mol. The molecule has 3 aliphatic rings. The number of carbonyl (C=O) groups is 1. The van der Waals surface area contributed by atoms with Crippen LogP contribution in [0, 0.1) is 6.92 Å². The second-order valence-corrected chi connectivity index (χ2v) is 10.8. The number of alkyl halides is 2. The van der Waals surface area contributed by atoms with Gasteiger partial charge < -0.3 is 24.4 Å². The van der Waals surface area contributed by atoms with Gasteiger partial charge in [-0.2, -0.15) is 0 Å². The van der Waals surface area contributed by atoms with Crippen molar-refractivity contribution in [3.8, 4) is 17.1 Å². The summed E-state index contributed by atoms with van der Waals surface area (Å²) >= 11 is 0. The summed E-state index contributed by atoms with van der Waals surface area (Å²) in [6, 6.07) is 11.2. The first-order chi connectivity index (χ1) is 19.2. The number of hydrogen-bond donors (Lipinski definition) is 1. The molecular formula is C29H31F2N5O4. The highest BCUT2D eigenvalue weighted by Crippen LogP contribution is 2.42. The number of nitrogens with one attached hydrogen (secondary N) is 1. The zero-order valence-corrected chi connectivity index (χ0v) is 22.6. The molecule has 40 heavy (non-hydrogen) atoms. The summed E-state index contributed by atoms with van der Waals surface area (Å²) in [5.41, 5.74) is 3.33. The Morgan fingerprint density at radius 1 is 1.25 bits per heavy atom. The van der Waals surface area contributed by atoms with E-state index >= 15 is 0 Å². The zero-order valence-electron chi connectivity index (χ0n) is 22.6. The molecule has 5 heterocycles. The number of hydrogen-bond acceptors (Lipinski definition) is 7. The molecule has 6 rings (SSSR count). The lowest BCUT2D eigenvalue weighted by Gasteiger charge is -2.36. The van der Waals surface area contributed by atoms with Crippen molar-refractivity contribution >= 4 is 23.2 Å². The van der Waals surface area contributed by atoms with Gasteiger partial charge in [0.1, 0.15) is 12.7 Å². The van der Waals surface area contributed by atoms with E-state index in [9.17, 15) is 13.6 Å². The van der Waals surface area contributed by atoms with Crippen LogP contribution in [0.1, 0.15) is 37.8 Å². The molecule has 3 aliphatic heterocycles. The Morgan fingerprint density at radius 2 is 2.10 bits per heavy atom. The van der Waals surface area contributed by atoms with Crippen molar-refractivity contribution in [2.75, 3.05) is 41.4 Å². The van der Waals surface area contributed by atoms with Gasteiger partial charge in [-0.25, -0.2) is 23.5 Å². The van der Waals surface area contributed by atoms with Gasteiger partial charge in [0.05, 0.1) is 24.0 Å². The molecule has 2 aromatic heterocycles. The van der Waals surface area contributed by atoms with Crippen molar-refractivity contribution in [2.45, 2.75) is 51.6 Å². The third kappa shape index (κ3) is 5.18. The van der Waals surface area contributed by atoms with Gasteiger partial charge in [-0.1, -0.05) is 18.2 Å². The third-order valence-electron chi connectivity index (χ3n) is 7.37. The Balaban J connectivity index is 1.24. The van der Waals surface area contributed by atoms with Gasteiger partial charge in [0.25, 0.3) is 6.43 Å². The van der Waals surface area contributed by atoms with Crippen LogP contribution in [0.5, 0.6) is 5.88 Å². The van der Waals surface area contributed by atoms with E-state index in [0.29, 0.717) is 41.8 Å². The highest BCUT2D eigenvalue weighted by atomic mass is 19.3. The van der Waals surface area contributed by atoms with Crippen LogP contribution in [-0.2, 0) is 9.47 Å². The first kappa shape index (κ1) is 26.4. The molecule has 2 fully saturated rings. The maximum atomic E-state index is 13.7. The van der Waals surface area contributed by atoms with Crippen molar-refractivity contribution in [1.82, 2.24) is 9.97 Å². The van der Waals surface area contributed by atoms with Crippen molar-refractivity contribution in [3.63, 3.8) is 0 Å². The minimum absolute atomic E-state index is 0.0663. The van der Waals surface area contributed by atoms with Gasteiger partial charge in [-0.05, 0) is 51.0 Å². The zero-order chi connectivity index (χ0) is 28.0. The van der Waals surface area contributed by atoms with Crippen molar-refractivity contribution in [3.05, 3.63) is 59.8 Å². The van der Waals surface area contributed by atoms with Gasteiger partial charge in [-0.3, -0.25) is 4.90 Å². The van der Waals surface area contributed by atoms with E-state index in [-0.39, 0.29) is 30.3 Å². The number of ether oxygens (including phenoxy) is 3. The number of aryl methyl sites for hydroxylation is 1. The fraction of sp³-hybridized carbons (Fsp3) is 0.414. The average molecular weight is 552 g/mol. The number of halogens is 2. The smallest absolute Gasteiger partial charge is 0.327 e. The van der Waals surface area contributed by atoms with Crippen LogP contribution in [-0.4, -0.2) is 60.2 Å². The number of carbonyl (C=O) groups excluding carboxylic acids is 1. The predicted molar refractivity (Wildman–Crippen MR) is 146 cm³/mol. The predicted octanol–water partition coefficient (Wildman–Crippen LogP) is 5.55. The standard InChI is InChI=1S/C29H31F2N5O4/c1-17-11-23-27(34-25(17)18-5-4-6-19(12-18)26(30)31)36(21-8-10-35(23)14-21)28(37)33-20-7-9-32-24(13-20)38-15-22-16-39-29(2,3)40-22/h4-7,9,11-13,21-22,26H,8,10,14-16H2,1-3H3,(H,32,33,37)/t21-,22?/m0/s1. The van der Waals surface area contributed by atoms with E-state index in [4.69, 9.17) is 19.2 Å². The van der Waals surface area contributed by atoms with Crippen LogP contribution in [0.25, 0.3) is 11.3 Å². The maximum Gasteiger partial charge on any atom is 0.327 e. The molecule has 0 spiro atoms. The van der Waals surface area contributed by atoms with Crippen LogP contribution < -0.4 is 19.9 Å². The van der Waals surface area contributed by atoms with Crippen LogP contribution in [0.2, 0.25) is 0 Å². The topological polar surface area (TPSA) is 89.1 Å². The number of aromatic nitrogens is 2. The molecule has 2 amide bonds. The van der Waals surface area contributed by atoms with Crippen LogP contribution >= 0.6 is 0 Å². The molecule has 1 N–H and O–H groups in total. The van der Waals surface area contributed by atoms with Crippen LogP contribution in [0.4, 0.5) is 30.8 Å². The molecule has 2 bridgehead atoms. The number of urea groups is 1.